The van der Waals surface area contributed by atoms with E-state index in [1.54, 1.807) is 0 Å². The van der Waals surface area contributed by atoms with Crippen LogP contribution in [0.15, 0.2) is 41.3 Å². The highest BCUT2D eigenvalue weighted by Crippen LogP contribution is 2.34. The lowest BCUT2D eigenvalue weighted by Gasteiger charge is -2.12. The maximum Gasteiger partial charge on any atom is 0.343 e. The minimum Gasteiger partial charge on any atom is -0.421 e. The molecule has 0 amide bonds. The molecular formula is C15H12Cl3NO4S. The number of hydrogen-bond donors (Lipinski definition) is 0. The first kappa shape index (κ1) is 19.0. The van der Waals surface area contributed by atoms with E-state index in [9.17, 15) is 13.2 Å². The van der Waals surface area contributed by atoms with Crippen LogP contribution in [0.4, 0.5) is 0 Å². The van der Waals surface area contributed by atoms with Crippen molar-refractivity contribution in [2.24, 2.45) is 0 Å². The smallest absolute Gasteiger partial charge is 0.343 e. The maximum atomic E-state index is 12.2. The van der Waals surface area contributed by atoms with Crippen molar-refractivity contribution in [3.63, 3.8) is 0 Å². The number of carbonyl (C=O) groups is 1. The van der Waals surface area contributed by atoms with Gasteiger partial charge in [-0.15, -0.1) is 0 Å². The van der Waals surface area contributed by atoms with Crippen LogP contribution < -0.4 is 4.74 Å². The molecule has 0 unspecified atom stereocenters. The molecule has 0 aliphatic rings. The fourth-order valence-corrected chi connectivity index (χ4v) is 3.26. The van der Waals surface area contributed by atoms with Gasteiger partial charge in [-0.05, 0) is 24.3 Å². The number of benzene rings is 2. The van der Waals surface area contributed by atoms with Gasteiger partial charge < -0.3 is 4.74 Å². The third-order valence-electron chi connectivity index (χ3n) is 3.03. The Morgan fingerprint density at radius 2 is 1.62 bits per heavy atom. The molecule has 0 aliphatic heterocycles. The molecule has 0 aromatic heterocycles. The molecule has 2 rings (SSSR count). The Bertz CT molecular complexity index is 898. The van der Waals surface area contributed by atoms with Gasteiger partial charge in [0.05, 0.1) is 25.5 Å². The van der Waals surface area contributed by atoms with Gasteiger partial charge in [-0.25, -0.2) is 17.5 Å². The van der Waals surface area contributed by atoms with Gasteiger partial charge in [0.2, 0.25) is 10.0 Å². The molecule has 0 saturated carbocycles. The van der Waals surface area contributed by atoms with Crippen LogP contribution in [0.25, 0.3) is 0 Å². The number of sulfonamides is 1. The molecule has 0 bridgehead atoms. The van der Waals surface area contributed by atoms with Crippen LogP contribution >= 0.6 is 34.8 Å². The fourth-order valence-electron chi connectivity index (χ4n) is 1.74. The van der Waals surface area contributed by atoms with E-state index in [0.29, 0.717) is 0 Å². The van der Waals surface area contributed by atoms with Crippen LogP contribution in [0.2, 0.25) is 15.1 Å². The van der Waals surface area contributed by atoms with E-state index in [1.807, 2.05) is 0 Å². The predicted octanol–water partition coefficient (Wildman–Crippen LogP) is 4.12. The second kappa shape index (κ2) is 7.29. The summed E-state index contributed by atoms with van der Waals surface area (Å²) in [5.41, 5.74) is 0.0556. The third kappa shape index (κ3) is 4.02. The lowest BCUT2D eigenvalue weighted by Crippen LogP contribution is -2.22. The van der Waals surface area contributed by atoms with E-state index in [-0.39, 0.29) is 31.3 Å². The first-order valence-electron chi connectivity index (χ1n) is 6.52. The normalized spacial score (nSPS) is 11.6. The van der Waals surface area contributed by atoms with E-state index >= 15 is 0 Å². The van der Waals surface area contributed by atoms with Crippen molar-refractivity contribution in [1.29, 1.82) is 0 Å². The van der Waals surface area contributed by atoms with Crippen LogP contribution in [0.3, 0.4) is 0 Å². The van der Waals surface area contributed by atoms with Gasteiger partial charge in [0.1, 0.15) is 0 Å². The Morgan fingerprint density at radius 3 is 2.25 bits per heavy atom. The van der Waals surface area contributed by atoms with Crippen molar-refractivity contribution in [3.05, 3.63) is 57.0 Å². The number of rotatable bonds is 4. The molecule has 2 aromatic carbocycles. The summed E-state index contributed by atoms with van der Waals surface area (Å²) in [5, 5.41) is 0.503. The minimum atomic E-state index is -3.67. The summed E-state index contributed by atoms with van der Waals surface area (Å²) in [6.07, 6.45) is 0. The maximum absolute atomic E-state index is 12.2. The van der Waals surface area contributed by atoms with Gasteiger partial charge >= 0.3 is 5.97 Å². The quantitative estimate of drug-likeness (QED) is 0.434. The molecule has 9 heteroatoms. The van der Waals surface area contributed by atoms with Crippen molar-refractivity contribution >= 4 is 50.8 Å². The van der Waals surface area contributed by atoms with Gasteiger partial charge in [0, 0.05) is 20.2 Å². The molecular weight excluding hydrogens is 397 g/mol. The first-order chi connectivity index (χ1) is 11.1. The molecule has 0 heterocycles. The third-order valence-corrected chi connectivity index (χ3v) is 5.85. The van der Waals surface area contributed by atoms with Crippen LogP contribution in [0.1, 0.15) is 10.4 Å². The molecule has 5 nitrogen and oxygen atoms in total. The number of ether oxygens (including phenoxy) is 1. The zero-order valence-electron chi connectivity index (χ0n) is 12.6. The summed E-state index contributed by atoms with van der Waals surface area (Å²) in [4.78, 5) is 12.2. The minimum absolute atomic E-state index is 0.0249. The van der Waals surface area contributed by atoms with Crippen molar-refractivity contribution in [2.45, 2.75) is 4.90 Å². The molecule has 0 radical (unpaired) electrons. The Hall–Kier alpha value is -1.31. The lowest BCUT2D eigenvalue weighted by atomic mass is 10.2. The number of nitrogens with zero attached hydrogens (tertiary/aromatic N) is 1. The van der Waals surface area contributed by atoms with E-state index < -0.39 is 16.0 Å². The summed E-state index contributed by atoms with van der Waals surface area (Å²) in [5.74, 6) is -0.747. The highest BCUT2D eigenvalue weighted by molar-refractivity contribution is 7.89. The van der Waals surface area contributed by atoms with E-state index in [1.165, 1.54) is 50.5 Å². The van der Waals surface area contributed by atoms with Crippen molar-refractivity contribution in [2.75, 3.05) is 14.1 Å². The van der Waals surface area contributed by atoms with Crippen LogP contribution in [-0.2, 0) is 10.0 Å². The number of esters is 1. The highest BCUT2D eigenvalue weighted by atomic mass is 35.5. The second-order valence-corrected chi connectivity index (χ2v) is 8.27. The van der Waals surface area contributed by atoms with Crippen LogP contribution in [-0.4, -0.2) is 32.8 Å². The predicted molar refractivity (Wildman–Crippen MR) is 93.7 cm³/mol. The van der Waals surface area contributed by atoms with Gasteiger partial charge in [0.15, 0.2) is 5.75 Å². The largest absolute Gasteiger partial charge is 0.421 e. The summed E-state index contributed by atoms with van der Waals surface area (Å²) < 4.78 is 30.5. The standard InChI is InChI=1S/C15H12Cl3NO4S/c1-19(2)24(21,22)10-5-3-4-9(6-10)15(20)23-14-8-12(17)11(16)7-13(14)18/h3-8H,1-2H3. The van der Waals surface area contributed by atoms with Gasteiger partial charge in [0.25, 0.3) is 0 Å². The topological polar surface area (TPSA) is 63.7 Å². The van der Waals surface area contributed by atoms with Crippen LogP contribution in [0, 0.1) is 0 Å². The first-order valence-corrected chi connectivity index (χ1v) is 9.09. The average molecular weight is 409 g/mol. The zero-order chi connectivity index (χ0) is 18.1. The van der Waals surface area contributed by atoms with E-state index in [2.05, 4.69) is 0 Å². The molecule has 0 fully saturated rings. The molecule has 128 valence electrons. The van der Waals surface area contributed by atoms with Crippen LogP contribution in [0.5, 0.6) is 5.75 Å². The second-order valence-electron chi connectivity index (χ2n) is 4.90. The summed E-state index contributed by atoms with van der Waals surface area (Å²) >= 11 is 17.6. The van der Waals surface area contributed by atoms with E-state index in [4.69, 9.17) is 39.5 Å². The molecule has 0 spiro atoms. The van der Waals surface area contributed by atoms with Gasteiger partial charge in [-0.1, -0.05) is 40.9 Å². The van der Waals surface area contributed by atoms with Gasteiger partial charge in [-0.2, -0.15) is 0 Å². The number of hydrogen-bond acceptors (Lipinski definition) is 4. The Kier molecular flexibility index (Phi) is 5.78. The lowest BCUT2D eigenvalue weighted by molar-refractivity contribution is 0.0734. The fraction of sp³-hybridized carbons (Fsp3) is 0.133. The molecule has 0 saturated heterocycles. The molecule has 24 heavy (non-hydrogen) atoms. The average Bonchev–Trinajstić information content (AvgIpc) is 2.52. The molecule has 0 atom stereocenters. The summed E-state index contributed by atoms with van der Waals surface area (Å²) in [6, 6.07) is 8.15. The number of halogens is 3. The van der Waals surface area contributed by atoms with Crippen molar-refractivity contribution < 1.29 is 17.9 Å². The Balaban J connectivity index is 2.34. The zero-order valence-corrected chi connectivity index (χ0v) is 15.7. The van der Waals surface area contributed by atoms with Gasteiger partial charge in [-0.3, -0.25) is 0 Å². The highest BCUT2D eigenvalue weighted by Gasteiger charge is 2.20. The monoisotopic (exact) mass is 407 g/mol. The summed E-state index contributed by atoms with van der Waals surface area (Å²) in [7, 11) is -0.868. The van der Waals surface area contributed by atoms with E-state index in [0.717, 1.165) is 4.31 Å². The van der Waals surface area contributed by atoms with Crippen molar-refractivity contribution in [1.82, 2.24) is 4.31 Å². The Morgan fingerprint density at radius 1 is 1.00 bits per heavy atom. The Labute approximate surface area is 154 Å². The summed E-state index contributed by atoms with van der Waals surface area (Å²) in [6.45, 7) is 0. The molecule has 0 N–H and O–H groups in total. The van der Waals surface area contributed by atoms with Crippen molar-refractivity contribution in [3.8, 4) is 5.75 Å². The molecule has 2 aromatic rings. The number of carbonyl (C=O) groups excluding carboxylic acids is 1. The SMILES string of the molecule is CN(C)S(=O)(=O)c1cccc(C(=O)Oc2cc(Cl)c(Cl)cc2Cl)c1. The molecule has 0 aliphatic carbocycles.